The molecule has 0 saturated carbocycles. The third-order valence-electron chi connectivity index (χ3n) is 4.86. The Labute approximate surface area is 143 Å². The Morgan fingerprint density at radius 1 is 1.12 bits per heavy atom. The number of ether oxygens (including phenoxy) is 1. The molecule has 6 nitrogen and oxygen atoms in total. The van der Waals surface area contributed by atoms with Crippen LogP contribution in [0.15, 0.2) is 30.3 Å². The molecule has 1 unspecified atom stereocenters. The molecule has 6 heteroatoms. The minimum Gasteiger partial charge on any atom is -0.375 e. The number of nitrogens with zero attached hydrogens (tertiary/aromatic N) is 3. The number of hydrogen-bond acceptors (Lipinski definition) is 4. The third kappa shape index (κ3) is 3.76. The van der Waals surface area contributed by atoms with Crippen molar-refractivity contribution < 1.29 is 14.3 Å². The van der Waals surface area contributed by atoms with Gasteiger partial charge in [-0.25, -0.2) is 0 Å². The highest BCUT2D eigenvalue weighted by atomic mass is 16.5. The normalized spacial score (nSPS) is 22.2. The van der Waals surface area contributed by atoms with Gasteiger partial charge in [-0.1, -0.05) is 30.3 Å². The van der Waals surface area contributed by atoms with Gasteiger partial charge in [0.15, 0.2) is 0 Å². The molecule has 2 heterocycles. The number of carbonyl (C=O) groups excluding carboxylic acids is 2. The molecule has 24 heavy (non-hydrogen) atoms. The maximum absolute atomic E-state index is 12.9. The SMILES string of the molecule is COCC(=O)N1CCC2C(=O)N(Cc3ccccc3)CCN2CC1. The number of fused-ring (bicyclic) bond motifs is 1. The molecule has 0 aliphatic carbocycles. The lowest BCUT2D eigenvalue weighted by molar-refractivity contribution is -0.142. The standard InChI is InChI=1S/C18H25N3O3/c1-24-14-17(22)20-8-7-16-18(23)21(12-10-19(16)9-11-20)13-15-5-3-2-4-6-15/h2-6,16H,7-14H2,1H3. The first-order valence-electron chi connectivity index (χ1n) is 8.52. The monoisotopic (exact) mass is 331 g/mol. The number of hydrogen-bond donors (Lipinski definition) is 0. The summed E-state index contributed by atoms with van der Waals surface area (Å²) in [6.45, 7) is 4.44. The van der Waals surface area contributed by atoms with Crippen LogP contribution in [0.25, 0.3) is 0 Å². The second kappa shape index (κ2) is 7.77. The van der Waals surface area contributed by atoms with Gasteiger partial charge < -0.3 is 14.5 Å². The van der Waals surface area contributed by atoms with Gasteiger partial charge in [-0.05, 0) is 12.0 Å². The Balaban J connectivity index is 1.63. The second-order valence-electron chi connectivity index (χ2n) is 6.40. The molecule has 1 aromatic rings. The molecule has 0 radical (unpaired) electrons. The van der Waals surface area contributed by atoms with Crippen LogP contribution >= 0.6 is 0 Å². The minimum absolute atomic E-state index is 0.00550. The fourth-order valence-corrected chi connectivity index (χ4v) is 3.52. The Hall–Kier alpha value is -1.92. The molecular weight excluding hydrogens is 306 g/mol. The molecule has 3 rings (SSSR count). The van der Waals surface area contributed by atoms with Crippen molar-refractivity contribution >= 4 is 11.8 Å². The van der Waals surface area contributed by atoms with Crippen molar-refractivity contribution in [1.29, 1.82) is 0 Å². The molecule has 2 aliphatic rings. The van der Waals surface area contributed by atoms with Crippen LogP contribution in [0.2, 0.25) is 0 Å². The van der Waals surface area contributed by atoms with Crippen LogP contribution in [0.4, 0.5) is 0 Å². The third-order valence-corrected chi connectivity index (χ3v) is 4.86. The molecule has 2 fully saturated rings. The molecule has 1 aromatic carbocycles. The van der Waals surface area contributed by atoms with Gasteiger partial charge in [0.25, 0.3) is 0 Å². The number of piperazine rings is 1. The number of carbonyl (C=O) groups is 2. The van der Waals surface area contributed by atoms with Gasteiger partial charge in [-0.2, -0.15) is 0 Å². The molecule has 2 aliphatic heterocycles. The highest BCUT2D eigenvalue weighted by Gasteiger charge is 2.36. The van der Waals surface area contributed by atoms with Gasteiger partial charge in [0.05, 0.1) is 6.04 Å². The van der Waals surface area contributed by atoms with Crippen molar-refractivity contribution in [2.45, 2.75) is 19.0 Å². The summed E-state index contributed by atoms with van der Waals surface area (Å²) in [5, 5.41) is 0. The summed E-state index contributed by atoms with van der Waals surface area (Å²) < 4.78 is 4.94. The number of rotatable bonds is 4. The topological polar surface area (TPSA) is 53.1 Å². The lowest BCUT2D eigenvalue weighted by atomic mass is 10.1. The van der Waals surface area contributed by atoms with Crippen molar-refractivity contribution in [2.75, 3.05) is 46.4 Å². The summed E-state index contributed by atoms with van der Waals surface area (Å²) in [4.78, 5) is 30.9. The molecule has 130 valence electrons. The summed E-state index contributed by atoms with van der Waals surface area (Å²) in [6, 6.07) is 9.99. The second-order valence-corrected chi connectivity index (χ2v) is 6.40. The van der Waals surface area contributed by atoms with E-state index in [2.05, 4.69) is 17.0 Å². The van der Waals surface area contributed by atoms with E-state index in [1.54, 1.807) is 0 Å². The first kappa shape index (κ1) is 16.9. The van der Waals surface area contributed by atoms with Crippen molar-refractivity contribution in [3.8, 4) is 0 Å². The molecule has 0 spiro atoms. The fraction of sp³-hybridized carbons (Fsp3) is 0.556. The van der Waals surface area contributed by atoms with Gasteiger partial charge in [0, 0.05) is 46.4 Å². The molecule has 0 bridgehead atoms. The maximum atomic E-state index is 12.9. The molecule has 2 saturated heterocycles. The first-order valence-corrected chi connectivity index (χ1v) is 8.52. The smallest absolute Gasteiger partial charge is 0.248 e. The highest BCUT2D eigenvalue weighted by molar-refractivity contribution is 5.83. The lowest BCUT2D eigenvalue weighted by Crippen LogP contribution is -2.56. The van der Waals surface area contributed by atoms with Crippen LogP contribution in [0.3, 0.4) is 0 Å². The number of amides is 2. The lowest BCUT2D eigenvalue weighted by Gasteiger charge is -2.39. The molecule has 1 atom stereocenters. The van der Waals surface area contributed by atoms with Crippen molar-refractivity contribution in [1.82, 2.24) is 14.7 Å². The van der Waals surface area contributed by atoms with Crippen LogP contribution < -0.4 is 0 Å². The number of benzene rings is 1. The zero-order valence-corrected chi connectivity index (χ0v) is 14.2. The van der Waals surface area contributed by atoms with E-state index in [9.17, 15) is 9.59 Å². The van der Waals surface area contributed by atoms with E-state index in [1.165, 1.54) is 7.11 Å². The molecule has 2 amide bonds. The van der Waals surface area contributed by atoms with Crippen molar-refractivity contribution in [3.05, 3.63) is 35.9 Å². The van der Waals surface area contributed by atoms with Gasteiger partial charge in [-0.3, -0.25) is 14.5 Å². The summed E-state index contributed by atoms with van der Waals surface area (Å²) in [6.07, 6.45) is 0.694. The van der Waals surface area contributed by atoms with E-state index in [-0.39, 0.29) is 24.5 Å². The zero-order chi connectivity index (χ0) is 16.9. The first-order chi connectivity index (χ1) is 11.7. The van der Waals surface area contributed by atoms with E-state index in [1.807, 2.05) is 28.0 Å². The fourth-order valence-electron chi connectivity index (χ4n) is 3.52. The summed E-state index contributed by atoms with van der Waals surface area (Å²) in [7, 11) is 1.53. The van der Waals surface area contributed by atoms with Gasteiger partial charge in [0.1, 0.15) is 6.61 Å². The Morgan fingerprint density at radius 3 is 2.62 bits per heavy atom. The largest absolute Gasteiger partial charge is 0.375 e. The van der Waals surface area contributed by atoms with Crippen molar-refractivity contribution in [3.63, 3.8) is 0 Å². The average Bonchev–Trinajstić information content (AvgIpc) is 2.82. The summed E-state index contributed by atoms with van der Waals surface area (Å²) >= 11 is 0. The van der Waals surface area contributed by atoms with E-state index in [0.29, 0.717) is 26.1 Å². The van der Waals surface area contributed by atoms with Crippen LogP contribution in [0.5, 0.6) is 0 Å². The van der Waals surface area contributed by atoms with Crippen LogP contribution in [0.1, 0.15) is 12.0 Å². The predicted octanol–water partition coefficient (Wildman–Crippen LogP) is 0.578. The average molecular weight is 331 g/mol. The van der Waals surface area contributed by atoms with E-state index >= 15 is 0 Å². The summed E-state index contributed by atoms with van der Waals surface area (Å²) in [5.41, 5.74) is 1.16. The Kier molecular flexibility index (Phi) is 5.48. The highest BCUT2D eigenvalue weighted by Crippen LogP contribution is 2.20. The van der Waals surface area contributed by atoms with E-state index in [0.717, 1.165) is 25.2 Å². The van der Waals surface area contributed by atoms with Crippen LogP contribution in [-0.4, -0.2) is 79.0 Å². The van der Waals surface area contributed by atoms with E-state index < -0.39 is 0 Å². The quantitative estimate of drug-likeness (QED) is 0.810. The van der Waals surface area contributed by atoms with Crippen LogP contribution in [-0.2, 0) is 20.9 Å². The number of methoxy groups -OCH3 is 1. The molecule has 0 aromatic heterocycles. The zero-order valence-electron chi connectivity index (χ0n) is 14.2. The Morgan fingerprint density at radius 2 is 1.88 bits per heavy atom. The van der Waals surface area contributed by atoms with E-state index in [4.69, 9.17) is 4.74 Å². The minimum atomic E-state index is -0.109. The maximum Gasteiger partial charge on any atom is 0.248 e. The Bertz CT molecular complexity index is 578. The predicted molar refractivity (Wildman–Crippen MR) is 90.3 cm³/mol. The summed E-state index contributed by atoms with van der Waals surface area (Å²) in [5.74, 6) is 0.192. The molecule has 0 N–H and O–H groups in total. The van der Waals surface area contributed by atoms with Crippen LogP contribution in [0, 0.1) is 0 Å². The van der Waals surface area contributed by atoms with Crippen molar-refractivity contribution in [2.24, 2.45) is 0 Å². The van der Waals surface area contributed by atoms with Gasteiger partial charge >= 0.3 is 0 Å². The van der Waals surface area contributed by atoms with Gasteiger partial charge in [-0.15, -0.1) is 0 Å². The molecular formula is C18H25N3O3. The van der Waals surface area contributed by atoms with Gasteiger partial charge in [0.2, 0.25) is 11.8 Å².